The monoisotopic (exact) mass is 692 g/mol. The number of fused-ring (bicyclic) bond motifs is 4. The van der Waals surface area contributed by atoms with Gasteiger partial charge >= 0.3 is 6.09 Å². The Morgan fingerprint density at radius 3 is 2.33 bits per heavy atom. The first-order chi connectivity index (χ1) is 22.9. The summed E-state index contributed by atoms with van der Waals surface area (Å²) in [5, 5.41) is 5.74. The van der Waals surface area contributed by atoms with Crippen molar-refractivity contribution in [2.45, 2.75) is 90.0 Å². The van der Waals surface area contributed by atoms with Crippen LogP contribution in [0.25, 0.3) is 11.3 Å². The topological polar surface area (TPSA) is 169 Å². The minimum atomic E-state index is -4.17. The Morgan fingerprint density at radius 1 is 1.04 bits per heavy atom. The van der Waals surface area contributed by atoms with Crippen LogP contribution in [-0.4, -0.2) is 71.7 Å². The van der Waals surface area contributed by atoms with Crippen molar-refractivity contribution in [3.8, 4) is 17.1 Å². The van der Waals surface area contributed by atoms with Crippen LogP contribution in [0.2, 0.25) is 0 Å². The molecule has 13 nitrogen and oxygen atoms in total. The van der Waals surface area contributed by atoms with Crippen molar-refractivity contribution >= 4 is 33.9 Å². The first-order valence-corrected chi connectivity index (χ1v) is 17.8. The van der Waals surface area contributed by atoms with Gasteiger partial charge in [-0.15, -0.1) is 0 Å². The zero-order chi connectivity index (χ0) is 35.7. The Hall–Kier alpha value is -4.72. The number of ether oxygens (including phenoxy) is 2. The van der Waals surface area contributed by atoms with Gasteiger partial charge in [-0.25, -0.2) is 22.9 Å². The molecule has 1 aromatic heterocycles. The molecule has 262 valence electrons. The fourth-order valence-corrected chi connectivity index (χ4v) is 7.03. The second-order valence-electron chi connectivity index (χ2n) is 14.0. The average molecular weight is 693 g/mol. The number of sulfonamides is 1. The predicted octanol–water partition coefficient (Wildman–Crippen LogP) is 4.94. The Labute approximate surface area is 287 Å². The smallest absolute Gasteiger partial charge is 0.408 e. The molecule has 3 N–H and O–H groups in total. The van der Waals surface area contributed by atoms with Crippen molar-refractivity contribution in [3.63, 3.8) is 0 Å². The summed E-state index contributed by atoms with van der Waals surface area (Å²) in [5.74, 6) is -0.859. The minimum absolute atomic E-state index is 0.0407. The normalized spacial score (nSPS) is 17.5. The van der Waals surface area contributed by atoms with E-state index in [-0.39, 0.29) is 60.0 Å². The zero-order valence-corrected chi connectivity index (χ0v) is 29.7. The van der Waals surface area contributed by atoms with E-state index in [1.807, 2.05) is 45.9 Å². The second kappa shape index (κ2) is 13.7. The highest BCUT2D eigenvalue weighted by Crippen LogP contribution is 2.33. The zero-order valence-electron chi connectivity index (χ0n) is 28.9. The maximum Gasteiger partial charge on any atom is 0.408 e. The maximum absolute atomic E-state index is 13.8. The summed E-state index contributed by atoms with van der Waals surface area (Å²) in [6, 6.07) is 12.2. The standard InChI is InChI=1S/C35H44N6O7S/c1-21(2)18-27(37-33(44)48-34(5,6)7)31(43)41-16-14-35(15-17-41)39-30(42)24-12-9-13-25(19-24)49(45,46)40-32-36-26(20-28(38-32)47-35)29-22(3)10-8-11-23(29)4/h8-13,19-21,27H,14-18H2,1-7H3,(H,37,44)(H,39,42)(H,36,38,40). The van der Waals surface area contributed by atoms with E-state index in [1.54, 1.807) is 31.7 Å². The number of carbonyl (C=O) groups is 3. The molecule has 3 amide bonds. The predicted molar refractivity (Wildman–Crippen MR) is 183 cm³/mol. The van der Waals surface area contributed by atoms with Crippen molar-refractivity contribution < 1.29 is 32.3 Å². The maximum atomic E-state index is 13.8. The van der Waals surface area contributed by atoms with Crippen LogP contribution in [0.15, 0.2) is 53.4 Å². The number of alkyl carbamates (subject to hydrolysis) is 1. The number of nitrogens with zero attached hydrogens (tertiary/aromatic N) is 3. The molecule has 3 aromatic rings. The summed E-state index contributed by atoms with van der Waals surface area (Å²) in [6.45, 7) is 13.4. The van der Waals surface area contributed by atoms with Crippen LogP contribution in [-0.2, 0) is 19.6 Å². The number of aromatic nitrogens is 2. The molecule has 14 heteroatoms. The van der Waals surface area contributed by atoms with Gasteiger partial charge in [-0.1, -0.05) is 38.1 Å². The van der Waals surface area contributed by atoms with E-state index in [4.69, 9.17) is 9.47 Å². The molecule has 3 heterocycles. The molecule has 4 bridgehead atoms. The van der Waals surface area contributed by atoms with Crippen molar-refractivity contribution in [1.29, 1.82) is 0 Å². The molecule has 1 unspecified atom stereocenters. The first kappa shape index (κ1) is 35.6. The Kier molecular flexibility index (Phi) is 9.91. The number of carbonyl (C=O) groups excluding carboxylic acids is 3. The summed E-state index contributed by atoms with van der Waals surface area (Å²) < 4.78 is 41.2. The number of aryl methyl sites for hydroxylation is 2. The summed E-state index contributed by atoms with van der Waals surface area (Å²) in [6.07, 6.45) is 0.0835. The lowest BCUT2D eigenvalue weighted by molar-refractivity contribution is -0.138. The molecule has 2 aliphatic heterocycles. The highest BCUT2D eigenvalue weighted by atomic mass is 32.2. The molecule has 5 rings (SSSR count). The molecule has 0 radical (unpaired) electrons. The molecule has 0 saturated carbocycles. The molecule has 0 aliphatic carbocycles. The molecule has 2 aromatic carbocycles. The number of hydrogen-bond acceptors (Lipinski definition) is 9. The largest absolute Gasteiger partial charge is 0.451 e. The van der Waals surface area contributed by atoms with Crippen molar-refractivity contribution in [2.24, 2.45) is 5.92 Å². The van der Waals surface area contributed by atoms with E-state index in [2.05, 4.69) is 25.3 Å². The van der Waals surface area contributed by atoms with Crippen LogP contribution in [0.3, 0.4) is 0 Å². The SMILES string of the molecule is Cc1cccc(C)c1-c1cc2nc(n1)NS(=O)(=O)c1cccc(c1)C(=O)NC1(CCN(C(=O)C(CC(C)C)NC(=O)OC(C)(C)C)CC1)O2. The third-order valence-corrected chi connectivity index (χ3v) is 9.62. The minimum Gasteiger partial charge on any atom is -0.451 e. The average Bonchev–Trinajstić information content (AvgIpc) is 2.99. The van der Waals surface area contributed by atoms with Crippen LogP contribution < -0.4 is 20.1 Å². The molecule has 2 aliphatic rings. The van der Waals surface area contributed by atoms with Crippen molar-refractivity contribution in [1.82, 2.24) is 25.5 Å². The molecule has 1 spiro atoms. The van der Waals surface area contributed by atoms with Gasteiger partial charge < -0.3 is 25.0 Å². The summed E-state index contributed by atoms with van der Waals surface area (Å²) >= 11 is 0. The van der Waals surface area contributed by atoms with Crippen LogP contribution >= 0.6 is 0 Å². The number of nitrogens with one attached hydrogen (secondary N) is 3. The van der Waals surface area contributed by atoms with Crippen LogP contribution in [0.4, 0.5) is 10.7 Å². The van der Waals surface area contributed by atoms with Gasteiger partial charge in [0.15, 0.2) is 5.72 Å². The Balaban J connectivity index is 1.50. The van der Waals surface area contributed by atoms with E-state index in [1.165, 1.54) is 24.3 Å². The van der Waals surface area contributed by atoms with Gasteiger partial charge in [-0.2, -0.15) is 4.98 Å². The fraction of sp³-hybridized carbons (Fsp3) is 0.457. The van der Waals surface area contributed by atoms with Crippen LogP contribution in [0.5, 0.6) is 5.88 Å². The number of likely N-dealkylation sites (tertiary alicyclic amines) is 1. The lowest BCUT2D eigenvalue weighted by atomic mass is 9.96. The molecule has 1 fully saturated rings. The molecular weight excluding hydrogens is 648 g/mol. The summed E-state index contributed by atoms with van der Waals surface area (Å²) in [4.78, 5) is 50.6. The van der Waals surface area contributed by atoms with Gasteiger partial charge in [-0.05, 0) is 76.3 Å². The summed E-state index contributed by atoms with van der Waals surface area (Å²) in [5.41, 5.74) is 1.12. The lowest BCUT2D eigenvalue weighted by Crippen LogP contribution is -2.61. The molecular formula is C35H44N6O7S. The molecule has 1 saturated heterocycles. The Bertz CT molecular complexity index is 1840. The Morgan fingerprint density at radius 2 is 1.69 bits per heavy atom. The number of piperidine rings is 1. The fourth-order valence-electron chi connectivity index (χ4n) is 6.04. The van der Waals surface area contributed by atoms with E-state index in [0.717, 1.165) is 16.7 Å². The van der Waals surface area contributed by atoms with Gasteiger partial charge in [0.1, 0.15) is 11.6 Å². The number of anilines is 1. The quantitative estimate of drug-likeness (QED) is 0.335. The highest BCUT2D eigenvalue weighted by molar-refractivity contribution is 7.92. The first-order valence-electron chi connectivity index (χ1n) is 16.3. The third kappa shape index (κ3) is 8.48. The van der Waals surface area contributed by atoms with E-state index in [9.17, 15) is 22.8 Å². The van der Waals surface area contributed by atoms with Crippen LogP contribution in [0, 0.1) is 19.8 Å². The van der Waals surface area contributed by atoms with Gasteiger partial charge in [0, 0.05) is 43.1 Å². The number of rotatable bonds is 5. The van der Waals surface area contributed by atoms with Gasteiger partial charge in [0.05, 0.1) is 10.6 Å². The van der Waals surface area contributed by atoms with Crippen LogP contribution in [0.1, 0.15) is 75.4 Å². The second-order valence-corrected chi connectivity index (χ2v) is 15.7. The summed E-state index contributed by atoms with van der Waals surface area (Å²) in [7, 11) is -4.17. The van der Waals surface area contributed by atoms with Gasteiger partial charge in [0.2, 0.25) is 17.7 Å². The van der Waals surface area contributed by atoms with Crippen molar-refractivity contribution in [3.05, 3.63) is 65.2 Å². The van der Waals surface area contributed by atoms with E-state index >= 15 is 0 Å². The molecule has 49 heavy (non-hydrogen) atoms. The van der Waals surface area contributed by atoms with Gasteiger partial charge in [0.25, 0.3) is 15.9 Å². The van der Waals surface area contributed by atoms with E-state index in [0.29, 0.717) is 12.1 Å². The van der Waals surface area contributed by atoms with Gasteiger partial charge in [-0.3, -0.25) is 9.59 Å². The van der Waals surface area contributed by atoms with Crippen molar-refractivity contribution in [2.75, 3.05) is 17.8 Å². The van der Waals surface area contributed by atoms with E-state index < -0.39 is 39.4 Å². The highest BCUT2D eigenvalue weighted by Gasteiger charge is 2.42. The molecule has 1 atom stereocenters. The lowest BCUT2D eigenvalue weighted by Gasteiger charge is -2.42. The third-order valence-electron chi connectivity index (χ3n) is 8.29. The number of benzene rings is 2. The number of amides is 3. The number of hydrogen-bond donors (Lipinski definition) is 3.